The van der Waals surface area contributed by atoms with Gasteiger partial charge in [-0.3, -0.25) is 0 Å². The van der Waals surface area contributed by atoms with Crippen LogP contribution in [0.4, 0.5) is 13.2 Å². The number of halogens is 3. The Morgan fingerprint density at radius 2 is 2.08 bits per heavy atom. The molecular formula is C6H6F3N3O. The molecule has 4 nitrogen and oxygen atoms in total. The molecule has 0 aromatic carbocycles. The van der Waals surface area contributed by atoms with Crippen molar-refractivity contribution in [1.82, 2.24) is 15.0 Å². The minimum atomic E-state index is -4.44. The van der Waals surface area contributed by atoms with Crippen molar-refractivity contribution in [2.45, 2.75) is 19.3 Å². The third kappa shape index (κ3) is 1.40. The minimum Gasteiger partial charge on any atom is -0.337 e. The van der Waals surface area contributed by atoms with Gasteiger partial charge in [-0.25, -0.2) is 4.98 Å². The molecule has 0 radical (unpaired) electrons. The minimum absolute atomic E-state index is 0.0436. The quantitative estimate of drug-likeness (QED) is 0.649. The first-order valence-corrected chi connectivity index (χ1v) is 3.55. The highest BCUT2D eigenvalue weighted by Crippen LogP contribution is 2.29. The molecule has 2 heterocycles. The SMILES string of the molecule is ON1Cc2nc(C(F)(F)F)[nH]c2C1. The molecule has 0 spiro atoms. The number of hydroxylamine groups is 2. The average molecular weight is 193 g/mol. The predicted molar refractivity (Wildman–Crippen MR) is 34.6 cm³/mol. The van der Waals surface area contributed by atoms with Gasteiger partial charge in [0.1, 0.15) is 0 Å². The maximum absolute atomic E-state index is 12.1. The van der Waals surface area contributed by atoms with Crippen molar-refractivity contribution in [2.24, 2.45) is 0 Å². The monoisotopic (exact) mass is 193 g/mol. The zero-order valence-electron chi connectivity index (χ0n) is 6.39. The van der Waals surface area contributed by atoms with Crippen LogP contribution in [0.3, 0.4) is 0 Å². The van der Waals surface area contributed by atoms with Gasteiger partial charge >= 0.3 is 6.18 Å². The van der Waals surface area contributed by atoms with Crippen LogP contribution in [0.25, 0.3) is 0 Å². The van der Waals surface area contributed by atoms with Crippen molar-refractivity contribution in [3.8, 4) is 0 Å². The van der Waals surface area contributed by atoms with E-state index in [1.807, 2.05) is 0 Å². The lowest BCUT2D eigenvalue weighted by Gasteiger charge is -2.04. The number of aromatic nitrogens is 2. The summed E-state index contributed by atoms with van der Waals surface area (Å²) in [4.78, 5) is 5.46. The molecule has 13 heavy (non-hydrogen) atoms. The smallest absolute Gasteiger partial charge is 0.337 e. The van der Waals surface area contributed by atoms with E-state index in [1.165, 1.54) is 0 Å². The van der Waals surface area contributed by atoms with E-state index in [9.17, 15) is 13.2 Å². The number of imidazole rings is 1. The summed E-state index contributed by atoms with van der Waals surface area (Å²) in [5.41, 5.74) is 0.588. The molecular weight excluding hydrogens is 187 g/mol. The highest BCUT2D eigenvalue weighted by Gasteiger charge is 2.37. The van der Waals surface area contributed by atoms with E-state index in [-0.39, 0.29) is 18.8 Å². The Bertz CT molecular complexity index is 309. The summed E-state index contributed by atoms with van der Waals surface area (Å²) in [7, 11) is 0. The second-order valence-electron chi connectivity index (χ2n) is 2.83. The molecule has 0 fully saturated rings. The van der Waals surface area contributed by atoms with Gasteiger partial charge < -0.3 is 10.2 Å². The van der Waals surface area contributed by atoms with Crippen LogP contribution in [0.2, 0.25) is 0 Å². The number of hydrogen-bond acceptors (Lipinski definition) is 3. The van der Waals surface area contributed by atoms with Crippen molar-refractivity contribution >= 4 is 0 Å². The van der Waals surface area contributed by atoms with Gasteiger partial charge in [0.05, 0.1) is 24.5 Å². The van der Waals surface area contributed by atoms with Crippen LogP contribution in [0.5, 0.6) is 0 Å². The van der Waals surface area contributed by atoms with Gasteiger partial charge in [-0.15, -0.1) is 0 Å². The zero-order valence-corrected chi connectivity index (χ0v) is 6.39. The molecule has 1 aromatic heterocycles. The standard InChI is InChI=1S/C6H6F3N3O/c7-6(8,9)5-10-3-1-12(13)2-4(3)11-5/h13H,1-2H2,(H,10,11). The number of alkyl halides is 3. The highest BCUT2D eigenvalue weighted by atomic mass is 19.4. The van der Waals surface area contributed by atoms with Gasteiger partial charge in [-0.2, -0.15) is 18.2 Å². The van der Waals surface area contributed by atoms with Crippen molar-refractivity contribution < 1.29 is 18.4 Å². The number of rotatable bonds is 0. The summed E-state index contributed by atoms with van der Waals surface area (Å²) in [6, 6.07) is 0. The second-order valence-corrected chi connectivity index (χ2v) is 2.83. The first kappa shape index (κ1) is 8.52. The Balaban J connectivity index is 2.32. The lowest BCUT2D eigenvalue weighted by molar-refractivity contribution is -0.145. The van der Waals surface area contributed by atoms with Crippen molar-refractivity contribution in [3.05, 3.63) is 17.2 Å². The molecule has 1 aliphatic heterocycles. The maximum Gasteiger partial charge on any atom is 0.449 e. The number of nitrogens with one attached hydrogen (secondary N) is 1. The summed E-state index contributed by atoms with van der Waals surface area (Å²) in [6.45, 7) is 0.111. The molecule has 1 aromatic rings. The molecule has 2 rings (SSSR count). The molecule has 0 saturated carbocycles. The Kier molecular flexibility index (Phi) is 1.61. The molecule has 7 heteroatoms. The lowest BCUT2D eigenvalue weighted by atomic mass is 10.4. The molecule has 1 aliphatic rings. The number of hydrogen-bond donors (Lipinski definition) is 2. The molecule has 0 atom stereocenters. The summed E-state index contributed by atoms with van der Waals surface area (Å²) < 4.78 is 36.2. The summed E-state index contributed by atoms with van der Waals surface area (Å²) in [5.74, 6) is -0.995. The van der Waals surface area contributed by atoms with E-state index in [0.29, 0.717) is 5.69 Å². The van der Waals surface area contributed by atoms with Gasteiger partial charge in [0.25, 0.3) is 0 Å². The van der Waals surface area contributed by atoms with E-state index >= 15 is 0 Å². The van der Waals surface area contributed by atoms with E-state index in [2.05, 4.69) is 9.97 Å². The van der Waals surface area contributed by atoms with Crippen molar-refractivity contribution in [2.75, 3.05) is 0 Å². The fraction of sp³-hybridized carbons (Fsp3) is 0.500. The summed E-state index contributed by atoms with van der Waals surface area (Å²) in [6.07, 6.45) is -4.44. The molecule has 0 bridgehead atoms. The summed E-state index contributed by atoms with van der Waals surface area (Å²) in [5, 5.41) is 9.82. The van der Waals surface area contributed by atoms with Crippen LogP contribution in [-0.2, 0) is 19.3 Å². The molecule has 2 N–H and O–H groups in total. The van der Waals surface area contributed by atoms with E-state index in [4.69, 9.17) is 5.21 Å². The van der Waals surface area contributed by atoms with Crippen LogP contribution in [-0.4, -0.2) is 20.2 Å². The van der Waals surface area contributed by atoms with Gasteiger partial charge in [0.15, 0.2) is 0 Å². The number of H-pyrrole nitrogens is 1. The zero-order chi connectivity index (χ0) is 9.64. The second kappa shape index (κ2) is 2.46. The van der Waals surface area contributed by atoms with Gasteiger partial charge in [-0.05, 0) is 0 Å². The largest absolute Gasteiger partial charge is 0.449 e. The number of aromatic amines is 1. The molecule has 72 valence electrons. The predicted octanol–water partition coefficient (Wildman–Crippen LogP) is 1.13. The van der Waals surface area contributed by atoms with E-state index < -0.39 is 12.0 Å². The first-order chi connectivity index (χ1) is 5.97. The third-order valence-corrected chi connectivity index (χ3v) is 1.81. The van der Waals surface area contributed by atoms with E-state index in [0.717, 1.165) is 5.06 Å². The number of fused-ring (bicyclic) bond motifs is 1. The van der Waals surface area contributed by atoms with Crippen LogP contribution in [0.15, 0.2) is 0 Å². The van der Waals surface area contributed by atoms with Gasteiger partial charge in [-0.1, -0.05) is 0 Å². The fourth-order valence-electron chi connectivity index (χ4n) is 1.25. The van der Waals surface area contributed by atoms with E-state index in [1.54, 1.807) is 0 Å². The Morgan fingerprint density at radius 1 is 1.38 bits per heavy atom. The van der Waals surface area contributed by atoms with Crippen LogP contribution < -0.4 is 0 Å². The van der Waals surface area contributed by atoms with Crippen molar-refractivity contribution in [1.29, 1.82) is 0 Å². The van der Waals surface area contributed by atoms with Gasteiger partial charge in [0, 0.05) is 0 Å². The molecule has 0 amide bonds. The maximum atomic E-state index is 12.1. The fourth-order valence-corrected chi connectivity index (χ4v) is 1.25. The average Bonchev–Trinajstić information content (AvgIpc) is 2.40. The topological polar surface area (TPSA) is 52.1 Å². The van der Waals surface area contributed by atoms with Crippen LogP contribution in [0, 0.1) is 0 Å². The number of nitrogens with zero attached hydrogens (tertiary/aromatic N) is 2. The van der Waals surface area contributed by atoms with Crippen LogP contribution in [0.1, 0.15) is 17.2 Å². The first-order valence-electron chi connectivity index (χ1n) is 3.55. The summed E-state index contributed by atoms with van der Waals surface area (Å²) >= 11 is 0. The normalized spacial score (nSPS) is 17.8. The Hall–Kier alpha value is -1.08. The molecule has 0 saturated heterocycles. The van der Waals surface area contributed by atoms with Crippen molar-refractivity contribution in [3.63, 3.8) is 0 Å². The third-order valence-electron chi connectivity index (χ3n) is 1.81. The Morgan fingerprint density at radius 3 is 2.62 bits per heavy atom. The molecule has 0 aliphatic carbocycles. The highest BCUT2D eigenvalue weighted by molar-refractivity contribution is 5.19. The Labute approximate surface area is 71.0 Å². The lowest BCUT2D eigenvalue weighted by Crippen LogP contribution is -2.13. The van der Waals surface area contributed by atoms with Gasteiger partial charge in [0.2, 0.25) is 5.82 Å². The molecule has 0 unspecified atom stereocenters. The van der Waals surface area contributed by atoms with Crippen LogP contribution >= 0.6 is 0 Å².